The van der Waals surface area contributed by atoms with Gasteiger partial charge in [0.05, 0.1) is 48.0 Å². The maximum absolute atomic E-state index is 12.3. The van der Waals surface area contributed by atoms with Crippen LogP contribution < -0.4 is 16.6 Å². The number of halogens is 3. The molecule has 4 N–H and O–H groups in total. The normalized spacial score (nSPS) is 19.7. The summed E-state index contributed by atoms with van der Waals surface area (Å²) in [4.78, 5) is 48.4. The summed E-state index contributed by atoms with van der Waals surface area (Å²) in [7, 11) is 0. The average molecular weight is 556 g/mol. The van der Waals surface area contributed by atoms with Gasteiger partial charge in [-0.05, 0) is 19.1 Å². The number of hydrogen-bond donors (Lipinski definition) is 4. The minimum atomic E-state index is -5.06. The van der Waals surface area contributed by atoms with Crippen molar-refractivity contribution in [2.75, 3.05) is 13.2 Å². The molecule has 3 rings (SSSR count). The number of nitrogens with zero attached hydrogens (tertiary/aromatic N) is 2. The third-order valence-corrected chi connectivity index (χ3v) is 5.72. The second-order valence-corrected chi connectivity index (χ2v) is 8.40. The number of aromatic amines is 1. The van der Waals surface area contributed by atoms with Gasteiger partial charge in [0.15, 0.2) is 0 Å². The molecular formula is C23H23F3N4O9. The van der Waals surface area contributed by atoms with Crippen molar-refractivity contribution in [3.8, 4) is 11.8 Å². The summed E-state index contributed by atoms with van der Waals surface area (Å²) < 4.78 is 48.7. The number of H-pyrrole nitrogens is 1. The fourth-order valence-electron chi connectivity index (χ4n) is 3.69. The molecule has 16 heteroatoms. The number of aliphatic hydroxyl groups excluding tert-OH is 2. The molecule has 0 aliphatic carbocycles. The van der Waals surface area contributed by atoms with Gasteiger partial charge >= 0.3 is 17.8 Å². The highest BCUT2D eigenvalue weighted by atomic mass is 19.4. The summed E-state index contributed by atoms with van der Waals surface area (Å²) in [5.74, 6) is 2.53. The SMILES string of the molecule is CC(OCc1cn([C@H]2C[C@H](O)[C@@H](CO)O2)c(=O)[nH]c1=O)c1ccc(C#CCNC(=O)C(F)(F)F)cc1[N+](=O)[O-]. The van der Waals surface area contributed by atoms with Gasteiger partial charge in [0.2, 0.25) is 0 Å². The number of nitrogens with one attached hydrogen (secondary N) is 2. The molecule has 1 fully saturated rings. The van der Waals surface area contributed by atoms with Crippen molar-refractivity contribution in [2.45, 2.75) is 50.7 Å². The second-order valence-electron chi connectivity index (χ2n) is 8.40. The summed E-state index contributed by atoms with van der Waals surface area (Å²) in [6, 6.07) is 3.78. The number of ether oxygens (including phenoxy) is 2. The standard InChI is InChI=1S/C23H23F3N4O9/c1-12(15-5-4-13(7-16(15)30(36)37)3-2-6-27-21(34)23(24,25)26)38-11-14-9-29(22(35)28-20(14)33)19-8-17(32)18(10-31)39-19/h4-5,7,9,12,17-19,31-32H,6,8,10-11H2,1H3,(H,27,34)(H,28,33,35)/t12?,17-,18+,19+/m0/s1. The molecule has 1 aromatic carbocycles. The van der Waals surface area contributed by atoms with E-state index in [0.29, 0.717) is 0 Å². The number of alkyl halides is 3. The predicted octanol–water partition coefficient (Wildman–Crippen LogP) is 0.393. The van der Waals surface area contributed by atoms with Crippen molar-refractivity contribution < 1.29 is 42.6 Å². The number of carbonyl (C=O) groups is 1. The number of rotatable bonds is 8. The molecule has 1 saturated heterocycles. The van der Waals surface area contributed by atoms with Crippen LogP contribution in [-0.4, -0.2) is 62.1 Å². The van der Waals surface area contributed by atoms with Crippen LogP contribution in [0.15, 0.2) is 34.0 Å². The minimum absolute atomic E-state index is 0.00991. The Kier molecular flexibility index (Phi) is 9.24. The van der Waals surface area contributed by atoms with Crippen LogP contribution in [-0.2, 0) is 20.9 Å². The highest BCUT2D eigenvalue weighted by molar-refractivity contribution is 5.81. The first-order valence-electron chi connectivity index (χ1n) is 11.3. The van der Waals surface area contributed by atoms with Crippen molar-refractivity contribution >= 4 is 11.6 Å². The van der Waals surface area contributed by atoms with Crippen LogP contribution in [0.25, 0.3) is 0 Å². The molecule has 1 aliphatic heterocycles. The van der Waals surface area contributed by atoms with Crippen LogP contribution in [0.4, 0.5) is 18.9 Å². The Hall–Kier alpha value is -4.04. The van der Waals surface area contributed by atoms with Crippen molar-refractivity contribution in [1.29, 1.82) is 0 Å². The zero-order chi connectivity index (χ0) is 28.9. The van der Waals surface area contributed by atoms with Gasteiger partial charge < -0.3 is 25.0 Å². The smallest absolute Gasteiger partial charge is 0.394 e. The summed E-state index contributed by atoms with van der Waals surface area (Å²) in [6.45, 7) is 0.0105. The highest BCUT2D eigenvalue weighted by Crippen LogP contribution is 2.30. The first-order chi connectivity index (χ1) is 18.3. The van der Waals surface area contributed by atoms with E-state index in [4.69, 9.17) is 9.47 Å². The lowest BCUT2D eigenvalue weighted by Crippen LogP contribution is -2.36. The van der Waals surface area contributed by atoms with Gasteiger partial charge in [-0.15, -0.1) is 0 Å². The molecule has 0 saturated carbocycles. The Morgan fingerprint density at radius 1 is 1.41 bits per heavy atom. The van der Waals surface area contributed by atoms with E-state index in [1.165, 1.54) is 25.3 Å². The zero-order valence-corrected chi connectivity index (χ0v) is 20.2. The van der Waals surface area contributed by atoms with E-state index in [2.05, 4.69) is 16.8 Å². The highest BCUT2D eigenvalue weighted by Gasteiger charge is 2.38. The first kappa shape index (κ1) is 29.5. The maximum atomic E-state index is 12.3. The molecule has 1 amide bonds. The van der Waals surface area contributed by atoms with Crippen LogP contribution >= 0.6 is 0 Å². The molecule has 0 bridgehead atoms. The molecule has 1 aliphatic rings. The van der Waals surface area contributed by atoms with E-state index in [1.807, 2.05) is 0 Å². The van der Waals surface area contributed by atoms with Crippen LogP contribution in [0.5, 0.6) is 0 Å². The summed E-state index contributed by atoms with van der Waals surface area (Å²) in [5, 5.41) is 32.3. The predicted molar refractivity (Wildman–Crippen MR) is 125 cm³/mol. The van der Waals surface area contributed by atoms with Gasteiger partial charge in [-0.3, -0.25) is 29.3 Å². The number of nitro benzene ring substituents is 1. The molecule has 2 aromatic rings. The van der Waals surface area contributed by atoms with E-state index in [1.54, 1.807) is 5.32 Å². The van der Waals surface area contributed by atoms with Gasteiger partial charge in [-0.1, -0.05) is 11.8 Å². The Morgan fingerprint density at radius 3 is 2.74 bits per heavy atom. The number of nitro groups is 1. The van der Waals surface area contributed by atoms with Gasteiger partial charge in [0.25, 0.3) is 11.2 Å². The molecule has 0 spiro atoms. The fraction of sp³-hybridized carbons (Fsp3) is 0.435. The van der Waals surface area contributed by atoms with E-state index in [9.17, 15) is 47.9 Å². The Morgan fingerprint density at radius 2 is 2.13 bits per heavy atom. The van der Waals surface area contributed by atoms with E-state index in [-0.39, 0.29) is 29.7 Å². The maximum Gasteiger partial charge on any atom is 0.471 e. The largest absolute Gasteiger partial charge is 0.471 e. The average Bonchev–Trinajstić information content (AvgIpc) is 3.25. The number of hydrogen-bond acceptors (Lipinski definition) is 9. The van der Waals surface area contributed by atoms with E-state index >= 15 is 0 Å². The molecular weight excluding hydrogens is 533 g/mol. The molecule has 1 aromatic heterocycles. The molecule has 2 heterocycles. The third kappa shape index (κ3) is 7.29. The molecule has 4 atom stereocenters. The quantitative estimate of drug-likeness (QED) is 0.203. The lowest BCUT2D eigenvalue weighted by atomic mass is 10.1. The summed E-state index contributed by atoms with van der Waals surface area (Å²) >= 11 is 0. The summed E-state index contributed by atoms with van der Waals surface area (Å²) in [6.07, 6.45) is -7.70. The number of carbonyl (C=O) groups excluding carboxylic acids is 1. The third-order valence-electron chi connectivity index (χ3n) is 5.72. The van der Waals surface area contributed by atoms with Crippen molar-refractivity contribution in [2.24, 2.45) is 0 Å². The number of aromatic nitrogens is 2. The fourth-order valence-corrected chi connectivity index (χ4v) is 3.69. The molecule has 0 radical (unpaired) electrons. The molecule has 39 heavy (non-hydrogen) atoms. The molecule has 210 valence electrons. The monoisotopic (exact) mass is 556 g/mol. The Labute approximate surface area is 217 Å². The van der Waals surface area contributed by atoms with Crippen molar-refractivity contribution in [3.63, 3.8) is 0 Å². The van der Waals surface area contributed by atoms with Crippen LogP contribution in [0.3, 0.4) is 0 Å². The number of benzene rings is 1. The Balaban J connectivity index is 1.73. The van der Waals surface area contributed by atoms with Gasteiger partial charge in [0, 0.05) is 24.2 Å². The number of aliphatic hydroxyl groups is 2. The van der Waals surface area contributed by atoms with Crippen LogP contribution in [0.2, 0.25) is 0 Å². The van der Waals surface area contributed by atoms with Gasteiger partial charge in [-0.25, -0.2) is 4.79 Å². The van der Waals surface area contributed by atoms with E-state index in [0.717, 1.165) is 10.6 Å². The Bertz CT molecular complexity index is 1410. The number of amides is 1. The second kappa shape index (κ2) is 12.2. The van der Waals surface area contributed by atoms with Crippen molar-refractivity contribution in [1.82, 2.24) is 14.9 Å². The molecule has 1 unspecified atom stereocenters. The van der Waals surface area contributed by atoms with Crippen LogP contribution in [0, 0.1) is 22.0 Å². The van der Waals surface area contributed by atoms with E-state index < -0.39 is 71.6 Å². The first-order valence-corrected chi connectivity index (χ1v) is 11.3. The van der Waals surface area contributed by atoms with Crippen molar-refractivity contribution in [3.05, 3.63) is 72.0 Å². The lowest BCUT2D eigenvalue weighted by molar-refractivity contribution is -0.386. The van der Waals surface area contributed by atoms with Crippen LogP contribution in [0.1, 0.15) is 42.4 Å². The zero-order valence-electron chi connectivity index (χ0n) is 20.2. The van der Waals surface area contributed by atoms with Gasteiger partial charge in [-0.2, -0.15) is 13.2 Å². The minimum Gasteiger partial charge on any atom is -0.394 e. The lowest BCUT2D eigenvalue weighted by Gasteiger charge is -2.17. The summed E-state index contributed by atoms with van der Waals surface area (Å²) in [5.41, 5.74) is -1.79. The topological polar surface area (TPSA) is 186 Å². The molecule has 13 nitrogen and oxygen atoms in total. The van der Waals surface area contributed by atoms with Gasteiger partial charge in [0.1, 0.15) is 12.3 Å².